The van der Waals surface area contributed by atoms with Gasteiger partial charge in [-0.25, -0.2) is 0 Å². The third kappa shape index (κ3) is 7.11. The topological polar surface area (TPSA) is 3.24 Å². The highest BCUT2D eigenvalue weighted by atomic mass is 15.1. The van der Waals surface area contributed by atoms with Gasteiger partial charge in [0.05, 0.1) is 11.1 Å². The smallest absolute Gasteiger partial charge is 0.0714 e. The van der Waals surface area contributed by atoms with Crippen LogP contribution in [-0.2, 0) is 27.1 Å². The predicted octanol–water partition coefficient (Wildman–Crippen LogP) is 20.1. The number of rotatable bonds is 7. The molecule has 3 aliphatic carbocycles. The van der Waals surface area contributed by atoms with Crippen molar-refractivity contribution >= 4 is 17.1 Å². The van der Waals surface area contributed by atoms with E-state index in [0.717, 1.165) is 17.1 Å². The minimum atomic E-state index is -0.604. The van der Waals surface area contributed by atoms with Crippen molar-refractivity contribution in [2.75, 3.05) is 4.90 Å². The quantitative estimate of drug-likeness (QED) is 0.154. The molecule has 0 aromatic heterocycles. The Kier molecular flexibility index (Phi) is 10.7. The lowest BCUT2D eigenvalue weighted by Gasteiger charge is -2.36. The third-order valence-corrected chi connectivity index (χ3v) is 17.7. The van der Waals surface area contributed by atoms with Crippen LogP contribution in [0.3, 0.4) is 0 Å². The Morgan fingerprint density at radius 1 is 0.303 bits per heavy atom. The van der Waals surface area contributed by atoms with Crippen LogP contribution in [-0.4, -0.2) is 0 Å². The molecule has 0 saturated heterocycles. The number of benzene rings is 10. The molecule has 0 radical (unpaired) electrons. The van der Waals surface area contributed by atoms with Gasteiger partial charge in [0, 0.05) is 27.8 Å². The zero-order chi connectivity index (χ0) is 52.5. The van der Waals surface area contributed by atoms with Crippen molar-refractivity contribution in [3.05, 3.63) is 280 Å². The summed E-state index contributed by atoms with van der Waals surface area (Å²) in [6.45, 7) is 23.4. The Bertz CT molecular complexity index is 3880. The van der Waals surface area contributed by atoms with Gasteiger partial charge >= 0.3 is 0 Å². The molecule has 0 unspecified atom stereocenters. The molecule has 0 amide bonds. The average Bonchev–Trinajstić information content (AvgIpc) is 4.18. The maximum Gasteiger partial charge on any atom is 0.0714 e. The summed E-state index contributed by atoms with van der Waals surface area (Å²) in [5, 5.41) is 0. The predicted molar refractivity (Wildman–Crippen MR) is 322 cm³/mol. The van der Waals surface area contributed by atoms with Crippen molar-refractivity contribution in [1.29, 1.82) is 0 Å². The van der Waals surface area contributed by atoms with Crippen molar-refractivity contribution in [1.82, 2.24) is 0 Å². The van der Waals surface area contributed by atoms with Crippen LogP contribution < -0.4 is 4.90 Å². The van der Waals surface area contributed by atoms with Gasteiger partial charge in [-0.05, 0) is 153 Å². The monoisotopic (exact) mass is 982 g/mol. The molecule has 0 saturated carbocycles. The lowest BCUT2D eigenvalue weighted by atomic mass is 9.67. The van der Waals surface area contributed by atoms with Crippen molar-refractivity contribution in [2.45, 2.75) is 96.3 Å². The van der Waals surface area contributed by atoms with Crippen molar-refractivity contribution in [3.63, 3.8) is 0 Å². The molecule has 10 aromatic rings. The van der Waals surface area contributed by atoms with Crippen molar-refractivity contribution in [2.24, 2.45) is 0 Å². The summed E-state index contributed by atoms with van der Waals surface area (Å²) < 4.78 is 0. The molecule has 372 valence electrons. The molecule has 1 nitrogen and oxygen atoms in total. The second-order valence-electron chi connectivity index (χ2n) is 24.9. The third-order valence-electron chi connectivity index (χ3n) is 17.7. The second-order valence-corrected chi connectivity index (χ2v) is 24.9. The molecule has 0 bridgehead atoms. The average molecular weight is 982 g/mol. The normalized spacial score (nSPS) is 15.0. The molecule has 0 fully saturated rings. The first-order valence-electron chi connectivity index (χ1n) is 27.4. The molecular formula is C75H67N. The summed E-state index contributed by atoms with van der Waals surface area (Å²) in [6.07, 6.45) is 0. The first-order chi connectivity index (χ1) is 36.5. The summed E-state index contributed by atoms with van der Waals surface area (Å²) in [5.74, 6) is 0. The fourth-order valence-electron chi connectivity index (χ4n) is 13.7. The lowest BCUT2D eigenvalue weighted by molar-refractivity contribution is 0.588. The Morgan fingerprint density at radius 3 is 1.38 bits per heavy atom. The molecule has 10 aromatic carbocycles. The fourth-order valence-corrected chi connectivity index (χ4v) is 13.7. The summed E-state index contributed by atoms with van der Waals surface area (Å²) in [4.78, 5) is 2.55. The molecule has 0 atom stereocenters. The highest BCUT2D eigenvalue weighted by Crippen LogP contribution is 2.59. The van der Waals surface area contributed by atoms with E-state index in [0.29, 0.717) is 0 Å². The first kappa shape index (κ1) is 47.7. The standard InChI is InChI=1S/C75H67N/c1-71(2,3)50-34-38-52(39-35-50)75(53-40-36-51(37-41-53)72(4,5)6)66-31-17-13-25-59(66)62-44-42-55(47-68(62)75)76(54-22-19-21-48(45-54)57-27-20-28-63-60-26-12-16-30-65(60)74(9,10)70(57)63)69-32-18-14-23-56(69)49-33-43-61-58-24-11-15-29-64(58)73(7,8)67(61)46-49/h11-47H,1-10H3. The number of fused-ring (bicyclic) bond motifs is 9. The molecular weight excluding hydrogens is 915 g/mol. The Morgan fingerprint density at radius 2 is 0.750 bits per heavy atom. The van der Waals surface area contributed by atoms with Crippen LogP contribution in [0, 0.1) is 0 Å². The van der Waals surface area contributed by atoms with Crippen LogP contribution in [0.5, 0.6) is 0 Å². The van der Waals surface area contributed by atoms with E-state index in [-0.39, 0.29) is 21.7 Å². The summed E-state index contributed by atoms with van der Waals surface area (Å²) in [6, 6.07) is 86.1. The van der Waals surface area contributed by atoms with Gasteiger partial charge in [0.15, 0.2) is 0 Å². The highest BCUT2D eigenvalue weighted by molar-refractivity contribution is 5.95. The summed E-state index contributed by atoms with van der Waals surface area (Å²) >= 11 is 0. The van der Waals surface area contributed by atoms with E-state index in [4.69, 9.17) is 0 Å². The maximum absolute atomic E-state index is 2.55. The van der Waals surface area contributed by atoms with Crippen molar-refractivity contribution < 1.29 is 0 Å². The molecule has 1 heteroatoms. The SMILES string of the molecule is CC(C)(C)c1ccc(C2(c3ccc(C(C)(C)C)cc3)c3ccccc3-c3ccc(N(c4cccc(-c5cccc6c5C(C)(C)c5ccccc5-6)c4)c4ccccc4-c4ccc5c(c4)C(C)(C)c4ccccc4-5)cc32)cc1. The van der Waals surface area contributed by atoms with Crippen molar-refractivity contribution in [3.8, 4) is 55.6 Å². The van der Waals surface area contributed by atoms with Gasteiger partial charge in [-0.1, -0.05) is 257 Å². The largest absolute Gasteiger partial charge is 0.310 e. The number of hydrogen-bond acceptors (Lipinski definition) is 1. The van der Waals surface area contributed by atoms with E-state index in [1.165, 1.54) is 111 Å². The van der Waals surface area contributed by atoms with Gasteiger partial charge in [-0.15, -0.1) is 0 Å². The van der Waals surface area contributed by atoms with Gasteiger partial charge < -0.3 is 4.90 Å². The maximum atomic E-state index is 2.55. The van der Waals surface area contributed by atoms with Crippen LogP contribution in [0.15, 0.2) is 224 Å². The zero-order valence-corrected chi connectivity index (χ0v) is 45.8. The fraction of sp³-hybridized carbons (Fsp3) is 0.200. The van der Waals surface area contributed by atoms with Gasteiger partial charge in [0.2, 0.25) is 0 Å². The van der Waals surface area contributed by atoms with Crippen LogP contribution in [0.4, 0.5) is 17.1 Å². The Hall–Kier alpha value is -8.00. The molecule has 0 spiro atoms. The van der Waals surface area contributed by atoms with E-state index in [1.54, 1.807) is 0 Å². The van der Waals surface area contributed by atoms with E-state index in [1.807, 2.05) is 0 Å². The molecule has 13 rings (SSSR count). The molecule has 3 aliphatic rings. The minimum absolute atomic E-state index is 0.0132. The number of anilines is 3. The lowest BCUT2D eigenvalue weighted by Crippen LogP contribution is -2.29. The molecule has 76 heavy (non-hydrogen) atoms. The van der Waals surface area contributed by atoms with Gasteiger partial charge in [0.25, 0.3) is 0 Å². The Labute approximate surface area is 451 Å². The second kappa shape index (κ2) is 17.0. The van der Waals surface area contributed by atoms with Gasteiger partial charge in [-0.3, -0.25) is 0 Å². The minimum Gasteiger partial charge on any atom is -0.310 e. The van der Waals surface area contributed by atoms with Crippen LogP contribution in [0.1, 0.15) is 125 Å². The molecule has 0 N–H and O–H groups in total. The molecule has 0 aliphatic heterocycles. The van der Waals surface area contributed by atoms with E-state index in [2.05, 4.69) is 299 Å². The van der Waals surface area contributed by atoms with E-state index in [9.17, 15) is 0 Å². The molecule has 0 heterocycles. The van der Waals surface area contributed by atoms with Crippen LogP contribution in [0.2, 0.25) is 0 Å². The Balaban J connectivity index is 1.06. The van der Waals surface area contributed by atoms with E-state index >= 15 is 0 Å². The number of para-hydroxylation sites is 1. The summed E-state index contributed by atoms with van der Waals surface area (Å²) in [7, 11) is 0. The first-order valence-corrected chi connectivity index (χ1v) is 27.4. The summed E-state index contributed by atoms with van der Waals surface area (Å²) in [5.41, 5.74) is 28.5. The van der Waals surface area contributed by atoms with Crippen LogP contribution in [0.25, 0.3) is 55.6 Å². The number of nitrogens with zero attached hydrogens (tertiary/aromatic N) is 1. The highest BCUT2D eigenvalue weighted by Gasteiger charge is 2.47. The zero-order valence-electron chi connectivity index (χ0n) is 45.8. The van der Waals surface area contributed by atoms with E-state index < -0.39 is 5.41 Å². The number of hydrogen-bond donors (Lipinski definition) is 0. The van der Waals surface area contributed by atoms with Gasteiger partial charge in [-0.2, -0.15) is 0 Å². The van der Waals surface area contributed by atoms with Gasteiger partial charge in [0.1, 0.15) is 0 Å². The van der Waals surface area contributed by atoms with Crippen LogP contribution >= 0.6 is 0 Å².